The van der Waals surface area contributed by atoms with E-state index in [9.17, 15) is 4.79 Å². The topological polar surface area (TPSA) is 67.6 Å². The van der Waals surface area contributed by atoms with Crippen LogP contribution in [0.25, 0.3) is 0 Å². The van der Waals surface area contributed by atoms with Crippen molar-refractivity contribution in [1.29, 1.82) is 0 Å². The summed E-state index contributed by atoms with van der Waals surface area (Å²) in [6.45, 7) is 3.88. The first-order chi connectivity index (χ1) is 11.2. The first-order valence-electron chi connectivity index (χ1n) is 8.63. The van der Waals surface area contributed by atoms with E-state index in [1.54, 1.807) is 0 Å². The number of benzene rings is 1. The number of nitrogens with one attached hydrogen (secondary N) is 1. The minimum Gasteiger partial charge on any atom is -0.379 e. The van der Waals surface area contributed by atoms with Gasteiger partial charge in [0.25, 0.3) is 0 Å². The highest BCUT2D eigenvalue weighted by atomic mass is 16.5. The van der Waals surface area contributed by atoms with Crippen LogP contribution in [-0.4, -0.2) is 49.2 Å². The van der Waals surface area contributed by atoms with Gasteiger partial charge in [-0.2, -0.15) is 0 Å². The quantitative estimate of drug-likeness (QED) is 0.862. The summed E-state index contributed by atoms with van der Waals surface area (Å²) < 4.78 is 5.46. The number of carbonyl (C=O) groups is 1. The summed E-state index contributed by atoms with van der Waals surface area (Å²) in [5.74, 6) is 0.00388. The first kappa shape index (κ1) is 16.4. The zero-order valence-corrected chi connectivity index (χ0v) is 13.7. The third-order valence-corrected chi connectivity index (χ3v) is 5.07. The summed E-state index contributed by atoms with van der Waals surface area (Å²) in [4.78, 5) is 14.9. The predicted molar refractivity (Wildman–Crippen MR) is 90.0 cm³/mol. The molecule has 2 fully saturated rings. The Morgan fingerprint density at radius 3 is 2.52 bits per heavy atom. The Balaban J connectivity index is 1.67. The van der Waals surface area contributed by atoms with Crippen molar-refractivity contribution in [3.05, 3.63) is 35.9 Å². The van der Waals surface area contributed by atoms with Crippen LogP contribution in [0.15, 0.2) is 30.3 Å². The van der Waals surface area contributed by atoms with Crippen molar-refractivity contribution in [2.45, 2.75) is 37.3 Å². The van der Waals surface area contributed by atoms with Gasteiger partial charge < -0.3 is 15.8 Å². The molecule has 1 saturated carbocycles. The van der Waals surface area contributed by atoms with Crippen molar-refractivity contribution in [3.63, 3.8) is 0 Å². The summed E-state index contributed by atoms with van der Waals surface area (Å²) in [6, 6.07) is 10.5. The molecular formula is C18H27N3O2. The third kappa shape index (κ3) is 3.91. The van der Waals surface area contributed by atoms with Crippen LogP contribution in [0.4, 0.5) is 0 Å². The smallest absolute Gasteiger partial charge is 0.240 e. The fraction of sp³-hybridized carbons (Fsp3) is 0.611. The van der Waals surface area contributed by atoms with Gasteiger partial charge in [-0.3, -0.25) is 9.69 Å². The van der Waals surface area contributed by atoms with E-state index in [4.69, 9.17) is 10.5 Å². The zero-order valence-electron chi connectivity index (χ0n) is 13.7. The van der Waals surface area contributed by atoms with Crippen LogP contribution in [-0.2, 0) is 9.53 Å². The minimum absolute atomic E-state index is 0.00388. The molecular weight excluding hydrogens is 290 g/mol. The molecule has 23 heavy (non-hydrogen) atoms. The molecule has 126 valence electrons. The molecule has 3 N–H and O–H groups in total. The molecule has 3 rings (SSSR count). The number of rotatable bonds is 5. The van der Waals surface area contributed by atoms with Crippen molar-refractivity contribution >= 4 is 5.91 Å². The molecule has 1 saturated heterocycles. The lowest BCUT2D eigenvalue weighted by Crippen LogP contribution is -2.54. The van der Waals surface area contributed by atoms with Gasteiger partial charge in [0.1, 0.15) is 0 Å². The fourth-order valence-electron chi connectivity index (χ4n) is 3.62. The van der Waals surface area contributed by atoms with Crippen LogP contribution in [0.5, 0.6) is 0 Å². The maximum Gasteiger partial charge on any atom is 0.240 e. The van der Waals surface area contributed by atoms with Crippen molar-refractivity contribution in [3.8, 4) is 0 Å². The predicted octanol–water partition coefficient (Wildman–Crippen LogP) is 1.45. The molecule has 2 aliphatic rings. The van der Waals surface area contributed by atoms with E-state index in [2.05, 4.69) is 22.3 Å². The number of hydrogen-bond acceptors (Lipinski definition) is 4. The molecule has 1 aliphatic heterocycles. The van der Waals surface area contributed by atoms with E-state index in [0.29, 0.717) is 6.54 Å². The Morgan fingerprint density at radius 2 is 1.87 bits per heavy atom. The van der Waals surface area contributed by atoms with Crippen LogP contribution in [0.1, 0.15) is 37.3 Å². The monoisotopic (exact) mass is 317 g/mol. The molecule has 5 heteroatoms. The molecule has 1 aliphatic carbocycles. The van der Waals surface area contributed by atoms with E-state index in [-0.39, 0.29) is 11.9 Å². The lowest BCUT2D eigenvalue weighted by molar-refractivity contribution is -0.126. The molecule has 1 atom stereocenters. The van der Waals surface area contributed by atoms with Gasteiger partial charge in [0, 0.05) is 19.6 Å². The van der Waals surface area contributed by atoms with Gasteiger partial charge in [-0.05, 0) is 18.4 Å². The van der Waals surface area contributed by atoms with Gasteiger partial charge in [-0.1, -0.05) is 43.2 Å². The van der Waals surface area contributed by atoms with E-state index >= 15 is 0 Å². The Kier molecular flexibility index (Phi) is 5.30. The summed E-state index contributed by atoms with van der Waals surface area (Å²) >= 11 is 0. The molecule has 1 aromatic carbocycles. The normalized spacial score (nSPS) is 22.7. The van der Waals surface area contributed by atoms with Crippen molar-refractivity contribution in [2.24, 2.45) is 5.73 Å². The van der Waals surface area contributed by atoms with Crippen LogP contribution in [0.2, 0.25) is 0 Å². The van der Waals surface area contributed by atoms with Gasteiger partial charge in [-0.15, -0.1) is 0 Å². The van der Waals surface area contributed by atoms with Crippen molar-refractivity contribution < 1.29 is 9.53 Å². The lowest BCUT2D eigenvalue weighted by Gasteiger charge is -2.35. The molecule has 0 aromatic heterocycles. The summed E-state index contributed by atoms with van der Waals surface area (Å²) in [7, 11) is 0. The second-order valence-electron chi connectivity index (χ2n) is 6.65. The Bertz CT molecular complexity index is 508. The fourth-order valence-corrected chi connectivity index (χ4v) is 3.62. The highest BCUT2D eigenvalue weighted by molar-refractivity contribution is 5.86. The average molecular weight is 317 g/mol. The van der Waals surface area contributed by atoms with E-state index in [0.717, 1.165) is 52.0 Å². The van der Waals surface area contributed by atoms with E-state index in [1.165, 1.54) is 5.56 Å². The maximum atomic E-state index is 12.5. The number of hydrogen-bond donors (Lipinski definition) is 2. The number of carbonyl (C=O) groups excluding carboxylic acids is 1. The molecule has 0 radical (unpaired) electrons. The molecule has 1 amide bonds. The number of amides is 1. The number of morpholine rings is 1. The summed E-state index contributed by atoms with van der Waals surface area (Å²) in [5, 5.41) is 3.11. The molecule has 1 aromatic rings. The molecule has 1 unspecified atom stereocenters. The van der Waals surface area contributed by atoms with E-state index < -0.39 is 5.54 Å². The molecule has 0 bridgehead atoms. The van der Waals surface area contributed by atoms with Gasteiger partial charge >= 0.3 is 0 Å². The second-order valence-corrected chi connectivity index (χ2v) is 6.65. The SMILES string of the molecule is NC1(C(=O)NCC(c2ccccc2)N2CCOCC2)CCCC1. The minimum atomic E-state index is -0.660. The van der Waals surface area contributed by atoms with E-state index in [1.807, 2.05) is 18.2 Å². The van der Waals surface area contributed by atoms with Gasteiger partial charge in [0.15, 0.2) is 0 Å². The molecule has 0 spiro atoms. The van der Waals surface area contributed by atoms with Gasteiger partial charge in [-0.25, -0.2) is 0 Å². The van der Waals surface area contributed by atoms with Crippen LogP contribution < -0.4 is 11.1 Å². The average Bonchev–Trinajstić information content (AvgIpc) is 3.05. The maximum absolute atomic E-state index is 12.5. The molecule has 1 heterocycles. The third-order valence-electron chi connectivity index (χ3n) is 5.07. The van der Waals surface area contributed by atoms with Gasteiger partial charge in [0.05, 0.1) is 24.8 Å². The number of nitrogens with zero attached hydrogens (tertiary/aromatic N) is 1. The largest absolute Gasteiger partial charge is 0.379 e. The zero-order chi connectivity index (χ0) is 16.1. The van der Waals surface area contributed by atoms with Crippen molar-refractivity contribution in [1.82, 2.24) is 10.2 Å². The van der Waals surface area contributed by atoms with Crippen LogP contribution >= 0.6 is 0 Å². The Morgan fingerprint density at radius 1 is 1.22 bits per heavy atom. The first-order valence-corrected chi connectivity index (χ1v) is 8.63. The molecule has 5 nitrogen and oxygen atoms in total. The highest BCUT2D eigenvalue weighted by Gasteiger charge is 2.37. The lowest BCUT2D eigenvalue weighted by atomic mass is 9.97. The number of nitrogens with two attached hydrogens (primary N) is 1. The van der Waals surface area contributed by atoms with Crippen molar-refractivity contribution in [2.75, 3.05) is 32.8 Å². The Hall–Kier alpha value is -1.43. The van der Waals surface area contributed by atoms with Crippen LogP contribution in [0.3, 0.4) is 0 Å². The second kappa shape index (κ2) is 7.43. The summed E-state index contributed by atoms with van der Waals surface area (Å²) in [5.41, 5.74) is 6.83. The van der Waals surface area contributed by atoms with Crippen LogP contribution in [0, 0.1) is 0 Å². The standard InChI is InChI=1S/C18H27N3O2/c19-18(8-4-5-9-18)17(22)20-14-16(15-6-2-1-3-7-15)21-10-12-23-13-11-21/h1-3,6-7,16H,4-5,8-14,19H2,(H,20,22). The highest BCUT2D eigenvalue weighted by Crippen LogP contribution is 2.28. The Labute approximate surface area is 138 Å². The summed E-state index contributed by atoms with van der Waals surface area (Å²) in [6.07, 6.45) is 3.70. The van der Waals surface area contributed by atoms with Gasteiger partial charge in [0.2, 0.25) is 5.91 Å². The number of ether oxygens (including phenoxy) is 1.